The van der Waals surface area contributed by atoms with Crippen LogP contribution in [-0.2, 0) is 11.3 Å². The van der Waals surface area contributed by atoms with Crippen LogP contribution in [0.15, 0.2) is 36.4 Å². The predicted octanol–water partition coefficient (Wildman–Crippen LogP) is 4.22. The Morgan fingerprint density at radius 1 is 0.962 bits per heavy atom. The molecule has 0 heterocycles. The van der Waals surface area contributed by atoms with Crippen LogP contribution in [0.3, 0.4) is 0 Å². The number of carbonyl (C=O) groups excluding carboxylic acids is 1. The summed E-state index contributed by atoms with van der Waals surface area (Å²) >= 11 is 0. The molecule has 26 heavy (non-hydrogen) atoms. The highest BCUT2D eigenvalue weighted by Gasteiger charge is 2.12. The minimum atomic E-state index is -0.342. The number of aryl methyl sites for hydroxylation is 1. The van der Waals surface area contributed by atoms with E-state index in [0.717, 1.165) is 29.9 Å². The van der Waals surface area contributed by atoms with Crippen molar-refractivity contribution in [2.24, 2.45) is 0 Å². The van der Waals surface area contributed by atoms with Gasteiger partial charge in [-0.1, -0.05) is 0 Å². The van der Waals surface area contributed by atoms with Crippen molar-refractivity contribution in [3.63, 3.8) is 0 Å². The lowest BCUT2D eigenvalue weighted by Gasteiger charge is -2.21. The van der Waals surface area contributed by atoms with Gasteiger partial charge >= 0.3 is 5.97 Å². The Bertz CT molecular complexity index is 736. The first-order valence-electron chi connectivity index (χ1n) is 8.77. The van der Waals surface area contributed by atoms with Crippen molar-refractivity contribution in [1.82, 2.24) is 0 Å². The molecule has 0 atom stereocenters. The van der Waals surface area contributed by atoms with Gasteiger partial charge in [0.15, 0.2) is 11.5 Å². The number of rotatable bonds is 8. The molecule has 0 aromatic heterocycles. The normalized spacial score (nSPS) is 10.3. The summed E-state index contributed by atoms with van der Waals surface area (Å²) in [6, 6.07) is 11.2. The quantitative estimate of drug-likeness (QED) is 0.662. The molecule has 5 heteroatoms. The maximum absolute atomic E-state index is 12.3. The van der Waals surface area contributed by atoms with Crippen LogP contribution in [0.4, 0.5) is 5.69 Å². The highest BCUT2D eigenvalue weighted by Crippen LogP contribution is 2.30. The molecule has 2 aromatic carbocycles. The molecule has 0 N–H and O–H groups in total. The Kier molecular flexibility index (Phi) is 6.89. The van der Waals surface area contributed by atoms with E-state index >= 15 is 0 Å². The maximum Gasteiger partial charge on any atom is 0.338 e. The Balaban J connectivity index is 2.07. The summed E-state index contributed by atoms with van der Waals surface area (Å²) in [5, 5.41) is 0. The molecule has 0 aliphatic rings. The van der Waals surface area contributed by atoms with Gasteiger partial charge in [0.1, 0.15) is 6.61 Å². The molecule has 0 saturated carbocycles. The highest BCUT2D eigenvalue weighted by molar-refractivity contribution is 5.89. The van der Waals surface area contributed by atoms with E-state index in [9.17, 15) is 4.79 Å². The van der Waals surface area contributed by atoms with E-state index in [1.54, 1.807) is 26.4 Å². The summed E-state index contributed by atoms with van der Waals surface area (Å²) in [5.41, 5.74) is 3.50. The fraction of sp³-hybridized carbons (Fsp3) is 0.381. The van der Waals surface area contributed by atoms with Crippen molar-refractivity contribution >= 4 is 11.7 Å². The highest BCUT2D eigenvalue weighted by atomic mass is 16.5. The van der Waals surface area contributed by atoms with Crippen LogP contribution >= 0.6 is 0 Å². The third-order valence-corrected chi connectivity index (χ3v) is 4.43. The molecule has 2 aromatic rings. The Morgan fingerprint density at radius 2 is 1.54 bits per heavy atom. The van der Waals surface area contributed by atoms with Crippen molar-refractivity contribution < 1.29 is 19.0 Å². The number of ether oxygens (including phenoxy) is 3. The van der Waals surface area contributed by atoms with Crippen molar-refractivity contribution in [1.29, 1.82) is 0 Å². The predicted molar refractivity (Wildman–Crippen MR) is 103 cm³/mol. The molecule has 0 saturated heterocycles. The summed E-state index contributed by atoms with van der Waals surface area (Å²) in [6.07, 6.45) is 0. The van der Waals surface area contributed by atoms with Crippen LogP contribution < -0.4 is 14.4 Å². The monoisotopic (exact) mass is 357 g/mol. The maximum atomic E-state index is 12.3. The summed E-state index contributed by atoms with van der Waals surface area (Å²) in [5.74, 6) is 0.935. The first kappa shape index (κ1) is 19.6. The molecular formula is C21H27NO4. The third-order valence-electron chi connectivity index (χ3n) is 4.43. The van der Waals surface area contributed by atoms with Crippen LogP contribution in [0.5, 0.6) is 11.5 Å². The number of esters is 1. The standard InChI is InChI=1S/C21H27NO4/c1-6-22(7-2)18-10-8-16(9-11-18)21(23)26-14-17-13-20(25-5)19(24-4)12-15(17)3/h8-13H,6-7,14H2,1-5H3. The van der Waals surface area contributed by atoms with Gasteiger partial charge in [0.05, 0.1) is 19.8 Å². The molecule has 0 bridgehead atoms. The zero-order valence-electron chi connectivity index (χ0n) is 16.2. The lowest BCUT2D eigenvalue weighted by Crippen LogP contribution is -2.21. The van der Waals surface area contributed by atoms with E-state index in [-0.39, 0.29) is 12.6 Å². The number of methoxy groups -OCH3 is 2. The molecule has 0 aliphatic heterocycles. The van der Waals surface area contributed by atoms with Crippen molar-refractivity contribution in [2.75, 3.05) is 32.2 Å². The van der Waals surface area contributed by atoms with Crippen molar-refractivity contribution in [2.45, 2.75) is 27.4 Å². The van der Waals surface area contributed by atoms with Gasteiger partial charge in [-0.2, -0.15) is 0 Å². The van der Waals surface area contributed by atoms with Gasteiger partial charge in [-0.15, -0.1) is 0 Å². The Morgan fingerprint density at radius 3 is 2.08 bits per heavy atom. The molecule has 0 unspecified atom stereocenters. The van der Waals surface area contributed by atoms with Crippen LogP contribution in [-0.4, -0.2) is 33.3 Å². The van der Waals surface area contributed by atoms with E-state index in [2.05, 4.69) is 18.7 Å². The van der Waals surface area contributed by atoms with E-state index in [4.69, 9.17) is 14.2 Å². The number of nitrogens with zero attached hydrogens (tertiary/aromatic N) is 1. The zero-order valence-corrected chi connectivity index (χ0v) is 16.2. The lowest BCUT2D eigenvalue weighted by molar-refractivity contribution is 0.0472. The fourth-order valence-corrected chi connectivity index (χ4v) is 2.80. The number of anilines is 1. The van der Waals surface area contributed by atoms with Gasteiger partial charge in [0.2, 0.25) is 0 Å². The van der Waals surface area contributed by atoms with E-state index in [0.29, 0.717) is 17.1 Å². The molecule has 0 radical (unpaired) electrons. The fourth-order valence-electron chi connectivity index (χ4n) is 2.80. The van der Waals surface area contributed by atoms with Gasteiger partial charge in [-0.3, -0.25) is 0 Å². The minimum Gasteiger partial charge on any atom is -0.493 e. The largest absolute Gasteiger partial charge is 0.493 e. The minimum absolute atomic E-state index is 0.183. The second-order valence-electron chi connectivity index (χ2n) is 5.93. The summed E-state index contributed by atoms with van der Waals surface area (Å²) < 4.78 is 16.1. The first-order valence-corrected chi connectivity index (χ1v) is 8.77. The topological polar surface area (TPSA) is 48.0 Å². The summed E-state index contributed by atoms with van der Waals surface area (Å²) in [6.45, 7) is 8.21. The Labute approximate surface area is 155 Å². The van der Waals surface area contributed by atoms with Crippen LogP contribution in [0.25, 0.3) is 0 Å². The number of benzene rings is 2. The average Bonchev–Trinajstić information content (AvgIpc) is 2.68. The molecular weight excluding hydrogens is 330 g/mol. The molecule has 140 valence electrons. The molecule has 0 fully saturated rings. The Hall–Kier alpha value is -2.69. The van der Waals surface area contributed by atoms with Crippen molar-refractivity contribution in [3.8, 4) is 11.5 Å². The number of carbonyl (C=O) groups is 1. The molecule has 5 nitrogen and oxygen atoms in total. The second kappa shape index (κ2) is 9.13. The van der Waals surface area contributed by atoms with Gasteiger partial charge in [-0.25, -0.2) is 4.79 Å². The average molecular weight is 357 g/mol. The van der Waals surface area contributed by atoms with Crippen LogP contribution in [0.2, 0.25) is 0 Å². The number of hydrogen-bond acceptors (Lipinski definition) is 5. The van der Waals surface area contributed by atoms with Gasteiger partial charge in [-0.05, 0) is 68.3 Å². The zero-order chi connectivity index (χ0) is 19.1. The summed E-state index contributed by atoms with van der Waals surface area (Å²) in [4.78, 5) is 14.6. The van der Waals surface area contributed by atoms with Gasteiger partial charge < -0.3 is 19.1 Å². The first-order chi connectivity index (χ1) is 12.5. The molecule has 0 spiro atoms. The second-order valence-corrected chi connectivity index (χ2v) is 5.93. The molecule has 2 rings (SSSR count). The van der Waals surface area contributed by atoms with E-state index in [1.807, 2.05) is 31.2 Å². The van der Waals surface area contributed by atoms with Gasteiger partial charge in [0, 0.05) is 18.8 Å². The molecule has 0 aliphatic carbocycles. The van der Waals surface area contributed by atoms with Crippen LogP contribution in [0.1, 0.15) is 35.3 Å². The number of hydrogen-bond donors (Lipinski definition) is 0. The van der Waals surface area contributed by atoms with Gasteiger partial charge in [0.25, 0.3) is 0 Å². The van der Waals surface area contributed by atoms with Crippen molar-refractivity contribution in [3.05, 3.63) is 53.1 Å². The third kappa shape index (κ3) is 4.48. The van der Waals surface area contributed by atoms with E-state index < -0.39 is 0 Å². The lowest BCUT2D eigenvalue weighted by atomic mass is 10.1. The SMILES string of the molecule is CCN(CC)c1ccc(C(=O)OCc2cc(OC)c(OC)cc2C)cc1. The summed E-state index contributed by atoms with van der Waals surface area (Å²) in [7, 11) is 3.18. The molecule has 0 amide bonds. The van der Waals surface area contributed by atoms with Crippen LogP contribution in [0, 0.1) is 6.92 Å². The smallest absolute Gasteiger partial charge is 0.338 e. The van der Waals surface area contributed by atoms with E-state index in [1.165, 1.54) is 0 Å².